The fourth-order valence-corrected chi connectivity index (χ4v) is 0.375. The van der Waals surface area contributed by atoms with Crippen LogP contribution in [0.2, 0.25) is 0 Å². The van der Waals surface area contributed by atoms with Crippen molar-refractivity contribution in [2.75, 3.05) is 0 Å². The Balaban J connectivity index is 3.03. The zero-order chi connectivity index (χ0) is 6.24. The summed E-state index contributed by atoms with van der Waals surface area (Å²) in [4.78, 5) is 0. The molecule has 0 aliphatic rings. The van der Waals surface area contributed by atoms with Crippen LogP contribution in [-0.2, 0) is 3.83 Å². The number of hydrogen-bond donors (Lipinski definition) is 0. The molecule has 0 spiro atoms. The van der Waals surface area contributed by atoms with Gasteiger partial charge in [-0.05, 0) is 12.5 Å². The van der Waals surface area contributed by atoms with Gasteiger partial charge in [0.15, 0.2) is 16.3 Å². The van der Waals surface area contributed by atoms with E-state index < -0.39 is 0 Å². The van der Waals surface area contributed by atoms with Crippen molar-refractivity contribution in [1.82, 2.24) is 0 Å². The minimum atomic E-state index is 0.499. The van der Waals surface area contributed by atoms with Crippen LogP contribution in [0.5, 0.6) is 0 Å². The van der Waals surface area contributed by atoms with E-state index in [4.69, 9.17) is 0 Å². The monoisotopic (exact) mass is 180 g/mol. The fraction of sp³-hybridized carbons (Fsp3) is 0.200. The molecular formula is C5H6BrFO. The van der Waals surface area contributed by atoms with E-state index in [0.717, 1.165) is 0 Å². The van der Waals surface area contributed by atoms with Crippen LogP contribution >= 0.6 is 16.3 Å². The summed E-state index contributed by atoms with van der Waals surface area (Å²) < 4.78 is 15.5. The Morgan fingerprint density at radius 3 is 2.75 bits per heavy atom. The van der Waals surface area contributed by atoms with Crippen molar-refractivity contribution in [3.05, 3.63) is 24.7 Å². The SMILES string of the molecule is FC=CCC=COBr. The fourth-order valence-electron chi connectivity index (χ4n) is 0.222. The second-order valence-electron chi connectivity index (χ2n) is 1.06. The zero-order valence-corrected chi connectivity index (χ0v) is 5.77. The van der Waals surface area contributed by atoms with Crippen LogP contribution in [0.25, 0.3) is 0 Å². The summed E-state index contributed by atoms with van der Waals surface area (Å²) in [5.41, 5.74) is 0. The number of halogens is 2. The summed E-state index contributed by atoms with van der Waals surface area (Å²) in [6.45, 7) is 0. The van der Waals surface area contributed by atoms with Gasteiger partial charge in [-0.1, -0.05) is 6.08 Å². The molecular weight excluding hydrogens is 175 g/mol. The molecule has 1 nitrogen and oxygen atoms in total. The molecule has 0 fully saturated rings. The second kappa shape index (κ2) is 6.69. The summed E-state index contributed by atoms with van der Waals surface area (Å²) in [5.74, 6) is 0. The van der Waals surface area contributed by atoms with E-state index in [2.05, 4.69) is 20.1 Å². The zero-order valence-electron chi connectivity index (χ0n) is 4.18. The van der Waals surface area contributed by atoms with Gasteiger partial charge in [-0.2, -0.15) is 0 Å². The van der Waals surface area contributed by atoms with Crippen LogP contribution < -0.4 is 0 Å². The summed E-state index contributed by atoms with van der Waals surface area (Å²) >= 11 is 2.70. The van der Waals surface area contributed by atoms with Crippen LogP contribution in [-0.4, -0.2) is 0 Å². The molecule has 0 atom stereocenters. The first kappa shape index (κ1) is 7.69. The van der Waals surface area contributed by atoms with Gasteiger partial charge in [-0.15, -0.1) is 0 Å². The van der Waals surface area contributed by atoms with E-state index in [1.54, 1.807) is 6.08 Å². The van der Waals surface area contributed by atoms with E-state index >= 15 is 0 Å². The summed E-state index contributed by atoms with van der Waals surface area (Å²) in [6.07, 6.45) is 5.54. The third-order valence-electron chi connectivity index (χ3n) is 0.509. The predicted molar refractivity (Wildman–Crippen MR) is 34.0 cm³/mol. The molecule has 0 aliphatic heterocycles. The second-order valence-corrected chi connectivity index (χ2v) is 1.43. The smallest absolute Gasteiger partial charge is 0.178 e. The number of allylic oxidation sites excluding steroid dienone is 2. The van der Waals surface area contributed by atoms with Crippen LogP contribution in [0.1, 0.15) is 6.42 Å². The van der Waals surface area contributed by atoms with Gasteiger partial charge in [0, 0.05) is 0 Å². The van der Waals surface area contributed by atoms with Gasteiger partial charge in [0.25, 0.3) is 0 Å². The van der Waals surface area contributed by atoms with Crippen molar-refractivity contribution in [2.45, 2.75) is 6.42 Å². The molecule has 0 rings (SSSR count). The molecule has 0 saturated carbocycles. The van der Waals surface area contributed by atoms with Crippen molar-refractivity contribution < 1.29 is 8.22 Å². The highest BCUT2D eigenvalue weighted by Crippen LogP contribution is 1.89. The van der Waals surface area contributed by atoms with Crippen LogP contribution in [0.15, 0.2) is 24.7 Å². The van der Waals surface area contributed by atoms with E-state index in [1.807, 2.05) is 0 Å². The quantitative estimate of drug-likeness (QED) is 0.608. The standard InChI is InChI=1S/C5H6BrFO/c6-8-5-3-1-2-4-7/h2-5H,1H2. The van der Waals surface area contributed by atoms with Gasteiger partial charge in [0.2, 0.25) is 0 Å². The topological polar surface area (TPSA) is 9.23 Å². The summed E-state index contributed by atoms with van der Waals surface area (Å²) in [5, 5.41) is 0. The average molecular weight is 181 g/mol. The van der Waals surface area contributed by atoms with E-state index in [0.29, 0.717) is 12.8 Å². The van der Waals surface area contributed by atoms with Gasteiger partial charge in [0.05, 0.1) is 12.6 Å². The lowest BCUT2D eigenvalue weighted by Crippen LogP contribution is -1.56. The molecule has 0 amide bonds. The molecule has 0 N–H and O–H groups in total. The van der Waals surface area contributed by atoms with Crippen LogP contribution in [0.3, 0.4) is 0 Å². The lowest BCUT2D eigenvalue weighted by atomic mass is 10.4. The lowest BCUT2D eigenvalue weighted by molar-refractivity contribution is 0.594. The van der Waals surface area contributed by atoms with Gasteiger partial charge >= 0.3 is 0 Å². The molecule has 8 heavy (non-hydrogen) atoms. The first-order chi connectivity index (χ1) is 3.91. The molecule has 0 heterocycles. The van der Waals surface area contributed by atoms with Crippen molar-refractivity contribution in [3.8, 4) is 0 Å². The Bertz CT molecular complexity index is 90.4. The highest BCUT2D eigenvalue weighted by molar-refractivity contribution is 9.06. The van der Waals surface area contributed by atoms with E-state index in [9.17, 15) is 4.39 Å². The third kappa shape index (κ3) is 5.69. The van der Waals surface area contributed by atoms with Gasteiger partial charge in [0.1, 0.15) is 0 Å². The van der Waals surface area contributed by atoms with Gasteiger partial charge in [-0.25, -0.2) is 4.39 Å². The maximum absolute atomic E-state index is 11.2. The normalized spacial score (nSPS) is 11.2. The summed E-state index contributed by atoms with van der Waals surface area (Å²) in [6, 6.07) is 0. The minimum Gasteiger partial charge on any atom is -0.426 e. The highest BCUT2D eigenvalue weighted by atomic mass is 79.9. The Kier molecular flexibility index (Phi) is 6.43. The molecule has 0 aromatic rings. The number of hydrogen-bond acceptors (Lipinski definition) is 1. The van der Waals surface area contributed by atoms with Crippen molar-refractivity contribution in [2.24, 2.45) is 0 Å². The highest BCUT2D eigenvalue weighted by Gasteiger charge is 1.67. The van der Waals surface area contributed by atoms with Gasteiger partial charge in [-0.3, -0.25) is 0 Å². The van der Waals surface area contributed by atoms with Crippen molar-refractivity contribution in [1.29, 1.82) is 0 Å². The molecule has 0 radical (unpaired) electrons. The molecule has 0 saturated heterocycles. The minimum absolute atomic E-state index is 0.499. The Morgan fingerprint density at radius 1 is 1.50 bits per heavy atom. The first-order valence-electron chi connectivity index (χ1n) is 2.09. The molecule has 3 heteroatoms. The van der Waals surface area contributed by atoms with Crippen molar-refractivity contribution >= 4 is 16.3 Å². The first-order valence-corrected chi connectivity index (χ1v) is 2.74. The molecule has 46 valence electrons. The third-order valence-corrected chi connectivity index (χ3v) is 0.725. The molecule has 0 aliphatic carbocycles. The summed E-state index contributed by atoms with van der Waals surface area (Å²) in [7, 11) is 0. The molecule has 0 bridgehead atoms. The van der Waals surface area contributed by atoms with E-state index in [-0.39, 0.29) is 0 Å². The molecule has 0 aromatic carbocycles. The van der Waals surface area contributed by atoms with E-state index in [1.165, 1.54) is 12.3 Å². The van der Waals surface area contributed by atoms with Crippen LogP contribution in [0.4, 0.5) is 4.39 Å². The largest absolute Gasteiger partial charge is 0.426 e. The lowest BCUT2D eigenvalue weighted by Gasteiger charge is -1.78. The van der Waals surface area contributed by atoms with Crippen molar-refractivity contribution in [3.63, 3.8) is 0 Å². The Morgan fingerprint density at radius 2 is 2.25 bits per heavy atom. The number of rotatable bonds is 3. The molecule has 0 unspecified atom stereocenters. The average Bonchev–Trinajstić information content (AvgIpc) is 1.81. The Hall–Kier alpha value is -0.310. The molecule has 0 aromatic heterocycles. The van der Waals surface area contributed by atoms with Gasteiger partial charge < -0.3 is 3.83 Å². The maximum atomic E-state index is 11.2. The predicted octanol–water partition coefficient (Wildman–Crippen LogP) is 2.70. The maximum Gasteiger partial charge on any atom is 0.178 e. The van der Waals surface area contributed by atoms with Crippen LogP contribution in [0, 0.1) is 0 Å². The Labute approximate surface area is 56.3 Å².